The molecule has 5 rings (SSSR count). The summed E-state index contributed by atoms with van der Waals surface area (Å²) in [4.78, 5) is 39.1. The number of amides is 1. The molecule has 1 aliphatic carbocycles. The number of carbonyl (C=O) groups excluding carboxylic acids is 1. The van der Waals surface area contributed by atoms with Crippen molar-refractivity contribution in [3.05, 3.63) is 65.1 Å². The van der Waals surface area contributed by atoms with Crippen LogP contribution in [-0.4, -0.2) is 50.1 Å². The Kier molecular flexibility index (Phi) is 7.66. The number of imidazole rings is 1. The van der Waals surface area contributed by atoms with Crippen LogP contribution in [0.2, 0.25) is 0 Å². The van der Waals surface area contributed by atoms with E-state index in [0.717, 1.165) is 70.0 Å². The quantitative estimate of drug-likeness (QED) is 0.335. The number of ether oxygens (including phenoxy) is 1. The molecule has 0 unspecified atom stereocenters. The number of benzene rings is 1. The van der Waals surface area contributed by atoms with Gasteiger partial charge in [-0.25, -0.2) is 9.59 Å². The average molecular weight is 556 g/mol. The van der Waals surface area contributed by atoms with Gasteiger partial charge in [-0.3, -0.25) is 24.1 Å². The van der Waals surface area contributed by atoms with E-state index in [1.807, 2.05) is 55.8 Å². The standard InChI is InChI=1S/C31H37N7O3/c1-31(2,3)41-29(39)36-22-8-10-23(11-9-22)38-28-24-14-19(6-13-26(24)35-18-27(28)37(5)30(38)40)20-7-12-25(34-17-20)21(15-32)16-33-4/h6-7,12-18,22-23H,8-11,32H2,1-5H3,(H,36,39). The Morgan fingerprint density at radius 1 is 1.10 bits per heavy atom. The first-order valence-corrected chi connectivity index (χ1v) is 13.9. The molecule has 3 heterocycles. The minimum absolute atomic E-state index is 0.0137. The molecule has 0 bridgehead atoms. The normalized spacial score (nSPS) is 18.3. The summed E-state index contributed by atoms with van der Waals surface area (Å²) in [5.41, 5.74) is 11.0. The molecule has 3 aromatic heterocycles. The summed E-state index contributed by atoms with van der Waals surface area (Å²) in [6.07, 6.45) is 9.43. The van der Waals surface area contributed by atoms with Crippen LogP contribution in [0.5, 0.6) is 0 Å². The molecule has 1 saturated carbocycles. The number of carbonyl (C=O) groups is 1. The number of alkyl carbamates (subject to hydrolysis) is 1. The Labute approximate surface area is 239 Å². The van der Waals surface area contributed by atoms with Crippen LogP contribution in [0.1, 0.15) is 58.2 Å². The van der Waals surface area contributed by atoms with Crippen molar-refractivity contribution in [2.45, 2.75) is 64.1 Å². The number of allylic oxidation sites excluding steroid dienone is 1. The molecular weight excluding hydrogens is 518 g/mol. The van der Waals surface area contributed by atoms with E-state index in [1.54, 1.807) is 31.1 Å². The van der Waals surface area contributed by atoms with E-state index in [0.29, 0.717) is 0 Å². The Morgan fingerprint density at radius 3 is 2.46 bits per heavy atom. The zero-order valence-electron chi connectivity index (χ0n) is 24.2. The molecule has 1 amide bonds. The molecule has 0 saturated heterocycles. The number of hydrogen-bond acceptors (Lipinski definition) is 7. The molecular formula is C31H37N7O3. The molecule has 4 aromatic rings. The lowest BCUT2D eigenvalue weighted by Crippen LogP contribution is -2.41. The first-order chi connectivity index (χ1) is 19.6. The zero-order chi connectivity index (χ0) is 29.3. The lowest BCUT2D eigenvalue weighted by atomic mass is 9.91. The summed E-state index contributed by atoms with van der Waals surface area (Å²) in [7, 11) is 3.48. The summed E-state index contributed by atoms with van der Waals surface area (Å²) < 4.78 is 9.03. The molecule has 1 fully saturated rings. The lowest BCUT2D eigenvalue weighted by molar-refractivity contribution is 0.0488. The van der Waals surface area contributed by atoms with Gasteiger partial charge in [-0.15, -0.1) is 0 Å². The third-order valence-electron chi connectivity index (χ3n) is 7.54. The molecule has 1 aromatic carbocycles. The summed E-state index contributed by atoms with van der Waals surface area (Å²) in [5, 5.41) is 3.91. The molecule has 10 nitrogen and oxygen atoms in total. The number of aryl methyl sites for hydroxylation is 1. The van der Waals surface area contributed by atoms with Crippen LogP contribution in [-0.2, 0) is 11.8 Å². The number of rotatable bonds is 5. The van der Waals surface area contributed by atoms with E-state index >= 15 is 0 Å². The van der Waals surface area contributed by atoms with Crippen molar-refractivity contribution in [2.24, 2.45) is 17.8 Å². The van der Waals surface area contributed by atoms with Gasteiger partial charge in [0.1, 0.15) is 5.60 Å². The number of nitrogens with two attached hydrogens (primary N) is 1. The van der Waals surface area contributed by atoms with Crippen LogP contribution in [0, 0.1) is 0 Å². The smallest absolute Gasteiger partial charge is 0.407 e. The first-order valence-electron chi connectivity index (χ1n) is 13.9. The molecule has 0 radical (unpaired) electrons. The van der Waals surface area contributed by atoms with Crippen LogP contribution < -0.4 is 16.7 Å². The fourth-order valence-electron chi connectivity index (χ4n) is 5.57. The van der Waals surface area contributed by atoms with Gasteiger partial charge in [-0.05, 0) is 70.2 Å². The third-order valence-corrected chi connectivity index (χ3v) is 7.54. The first kappa shape index (κ1) is 28.1. The van der Waals surface area contributed by atoms with Gasteiger partial charge in [0, 0.05) is 61.3 Å². The predicted molar refractivity (Wildman–Crippen MR) is 163 cm³/mol. The topological polar surface area (TPSA) is 129 Å². The second-order valence-corrected chi connectivity index (χ2v) is 11.5. The number of aromatic nitrogens is 4. The molecule has 41 heavy (non-hydrogen) atoms. The maximum atomic E-state index is 13.6. The highest BCUT2D eigenvalue weighted by Crippen LogP contribution is 2.34. The van der Waals surface area contributed by atoms with Gasteiger partial charge < -0.3 is 15.8 Å². The maximum absolute atomic E-state index is 13.6. The molecule has 0 spiro atoms. The highest BCUT2D eigenvalue weighted by molar-refractivity contribution is 6.09. The molecule has 1 aliphatic rings. The van der Waals surface area contributed by atoms with Crippen molar-refractivity contribution < 1.29 is 9.53 Å². The van der Waals surface area contributed by atoms with Gasteiger partial charge in [0.15, 0.2) is 0 Å². The number of fused-ring (bicyclic) bond motifs is 3. The second kappa shape index (κ2) is 11.2. The highest BCUT2D eigenvalue weighted by Gasteiger charge is 2.28. The fraction of sp³-hybridized carbons (Fsp3) is 0.387. The van der Waals surface area contributed by atoms with E-state index < -0.39 is 11.7 Å². The molecule has 0 aliphatic heterocycles. The number of nitrogens with zero attached hydrogens (tertiary/aromatic N) is 5. The Hall–Kier alpha value is -4.47. The largest absolute Gasteiger partial charge is 0.444 e. The van der Waals surface area contributed by atoms with Gasteiger partial charge in [0.05, 0.1) is 28.4 Å². The van der Waals surface area contributed by atoms with Gasteiger partial charge in [-0.1, -0.05) is 12.1 Å². The van der Waals surface area contributed by atoms with E-state index in [1.165, 1.54) is 6.20 Å². The molecule has 10 heteroatoms. The summed E-state index contributed by atoms with van der Waals surface area (Å²) in [5.74, 6) is 0. The average Bonchev–Trinajstić information content (AvgIpc) is 3.21. The van der Waals surface area contributed by atoms with Crippen molar-refractivity contribution in [1.29, 1.82) is 0 Å². The van der Waals surface area contributed by atoms with Crippen LogP contribution in [0.4, 0.5) is 4.79 Å². The lowest BCUT2D eigenvalue weighted by Gasteiger charge is -2.30. The summed E-state index contributed by atoms with van der Waals surface area (Å²) in [6, 6.07) is 10.0. The summed E-state index contributed by atoms with van der Waals surface area (Å²) in [6.45, 7) is 5.55. The summed E-state index contributed by atoms with van der Waals surface area (Å²) >= 11 is 0. The molecule has 214 valence electrons. The SMILES string of the molecule is CN=CC(=CN)c1ccc(-c2ccc3ncc4c(c3c2)n(C2CCC(NC(=O)OC(C)(C)C)CC2)c(=O)n4C)cn1. The van der Waals surface area contributed by atoms with Crippen molar-refractivity contribution in [1.82, 2.24) is 24.4 Å². The Morgan fingerprint density at radius 2 is 1.83 bits per heavy atom. The van der Waals surface area contributed by atoms with E-state index in [-0.39, 0.29) is 17.8 Å². The minimum atomic E-state index is -0.544. The predicted octanol–water partition coefficient (Wildman–Crippen LogP) is 4.96. The maximum Gasteiger partial charge on any atom is 0.407 e. The van der Waals surface area contributed by atoms with Gasteiger partial charge in [0.2, 0.25) is 0 Å². The highest BCUT2D eigenvalue weighted by atomic mass is 16.6. The van der Waals surface area contributed by atoms with Crippen LogP contribution in [0.15, 0.2) is 58.7 Å². The van der Waals surface area contributed by atoms with E-state index in [2.05, 4.69) is 26.3 Å². The fourth-order valence-corrected chi connectivity index (χ4v) is 5.57. The van der Waals surface area contributed by atoms with Crippen LogP contribution >= 0.6 is 0 Å². The van der Waals surface area contributed by atoms with Gasteiger partial charge in [0.25, 0.3) is 0 Å². The monoisotopic (exact) mass is 555 g/mol. The molecule has 0 atom stereocenters. The number of nitrogens with one attached hydrogen (secondary N) is 1. The van der Waals surface area contributed by atoms with Crippen molar-refractivity contribution in [3.63, 3.8) is 0 Å². The van der Waals surface area contributed by atoms with Crippen molar-refractivity contribution >= 4 is 39.8 Å². The van der Waals surface area contributed by atoms with E-state index in [4.69, 9.17) is 10.5 Å². The Balaban J connectivity index is 1.47. The van der Waals surface area contributed by atoms with Crippen LogP contribution in [0.3, 0.4) is 0 Å². The molecule has 3 N–H and O–H groups in total. The van der Waals surface area contributed by atoms with E-state index in [9.17, 15) is 9.59 Å². The van der Waals surface area contributed by atoms with Gasteiger partial charge in [-0.2, -0.15) is 0 Å². The number of aliphatic imine (C=N–C) groups is 1. The van der Waals surface area contributed by atoms with Crippen molar-refractivity contribution in [3.8, 4) is 11.1 Å². The van der Waals surface area contributed by atoms with Gasteiger partial charge >= 0.3 is 11.8 Å². The minimum Gasteiger partial charge on any atom is -0.444 e. The Bertz CT molecular complexity index is 1700. The van der Waals surface area contributed by atoms with Crippen LogP contribution in [0.25, 0.3) is 38.6 Å². The third kappa shape index (κ3) is 5.73. The second-order valence-electron chi connectivity index (χ2n) is 11.5. The zero-order valence-corrected chi connectivity index (χ0v) is 24.2. The van der Waals surface area contributed by atoms with Crippen molar-refractivity contribution in [2.75, 3.05) is 7.05 Å². The number of pyridine rings is 2. The number of hydrogen-bond donors (Lipinski definition) is 2.